The van der Waals surface area contributed by atoms with E-state index in [-0.39, 0.29) is 5.16 Å². The third-order valence-electron chi connectivity index (χ3n) is 2.73. The molecule has 0 fully saturated rings. The van der Waals surface area contributed by atoms with Gasteiger partial charge in [-0.2, -0.15) is 0 Å². The molecule has 0 aliphatic carbocycles. The summed E-state index contributed by atoms with van der Waals surface area (Å²) in [5.41, 5.74) is 1.39. The predicted molar refractivity (Wildman–Crippen MR) is 83.7 cm³/mol. The first-order valence-corrected chi connectivity index (χ1v) is 8.97. The van der Waals surface area contributed by atoms with Crippen molar-refractivity contribution in [3.8, 4) is 17.1 Å². The van der Waals surface area contributed by atoms with E-state index in [1.165, 1.54) is 15.9 Å². The fourth-order valence-corrected chi connectivity index (χ4v) is 3.61. The zero-order valence-electron chi connectivity index (χ0n) is 10.5. The molecule has 3 rings (SSSR count). The molecule has 2 heterocycles. The maximum atomic E-state index is 11.7. The maximum Gasteiger partial charge on any atom is 0.274 e. The van der Waals surface area contributed by atoms with Gasteiger partial charge in [-0.15, -0.1) is 21.5 Å². The lowest BCUT2D eigenvalue weighted by atomic mass is 10.3. The van der Waals surface area contributed by atoms with Crippen LogP contribution >= 0.6 is 27.3 Å². The molecule has 0 aliphatic heterocycles. The summed E-state index contributed by atoms with van der Waals surface area (Å²) in [6.45, 7) is 0. The fraction of sp³-hybridized carbons (Fsp3) is 0. The van der Waals surface area contributed by atoms with Gasteiger partial charge in [0.05, 0.1) is 3.79 Å². The summed E-state index contributed by atoms with van der Waals surface area (Å²) in [7, 11) is -3.98. The van der Waals surface area contributed by atoms with Crippen LogP contribution in [0.15, 0.2) is 50.7 Å². The van der Waals surface area contributed by atoms with Crippen LogP contribution in [0.25, 0.3) is 17.1 Å². The van der Waals surface area contributed by atoms with Crippen molar-refractivity contribution in [3.05, 3.63) is 45.6 Å². The van der Waals surface area contributed by atoms with E-state index in [2.05, 4.69) is 26.1 Å². The first kappa shape index (κ1) is 14.4. The van der Waals surface area contributed by atoms with Crippen LogP contribution in [0.4, 0.5) is 0 Å². The number of halogens is 1. The number of aromatic nitrogens is 3. The van der Waals surface area contributed by atoms with Gasteiger partial charge >= 0.3 is 0 Å². The Hall–Kier alpha value is -1.55. The molecule has 0 radical (unpaired) electrons. The lowest BCUT2D eigenvalue weighted by molar-refractivity contribution is 0.585. The quantitative estimate of drug-likeness (QED) is 0.750. The van der Waals surface area contributed by atoms with Crippen LogP contribution in [0.3, 0.4) is 0 Å². The van der Waals surface area contributed by atoms with Gasteiger partial charge < -0.3 is 0 Å². The molecular weight excluding hydrogens is 376 g/mol. The Kier molecular flexibility index (Phi) is 3.66. The highest BCUT2D eigenvalue weighted by atomic mass is 79.9. The van der Waals surface area contributed by atoms with Crippen LogP contribution in [0.2, 0.25) is 0 Å². The number of sulfonamides is 1. The van der Waals surface area contributed by atoms with Crippen LogP contribution in [0.1, 0.15) is 0 Å². The van der Waals surface area contributed by atoms with Crippen molar-refractivity contribution in [1.82, 2.24) is 14.8 Å². The molecule has 0 atom stereocenters. The van der Waals surface area contributed by atoms with E-state index in [1.807, 2.05) is 17.5 Å². The van der Waals surface area contributed by atoms with Crippen molar-refractivity contribution in [2.75, 3.05) is 0 Å². The first-order valence-electron chi connectivity index (χ1n) is 5.75. The van der Waals surface area contributed by atoms with E-state index < -0.39 is 10.0 Å². The second kappa shape index (κ2) is 5.34. The Morgan fingerprint density at radius 2 is 1.90 bits per heavy atom. The number of benzene rings is 1. The molecule has 6 nitrogen and oxygen atoms in total. The molecule has 0 unspecified atom stereocenters. The molecule has 0 saturated heterocycles. The number of para-hydroxylation sites is 1. The van der Waals surface area contributed by atoms with Crippen molar-refractivity contribution >= 4 is 37.3 Å². The first-order chi connectivity index (χ1) is 9.97. The van der Waals surface area contributed by atoms with Gasteiger partial charge in [-0.05, 0) is 34.1 Å². The maximum absolute atomic E-state index is 11.7. The second-order valence-electron chi connectivity index (χ2n) is 4.16. The van der Waals surface area contributed by atoms with Crippen LogP contribution < -0.4 is 5.14 Å². The summed E-state index contributed by atoms with van der Waals surface area (Å²) >= 11 is 4.85. The number of rotatable bonds is 3. The molecular formula is C12H9BrN4O2S2. The summed E-state index contributed by atoms with van der Waals surface area (Å²) in [5, 5.41) is 14.5. The largest absolute Gasteiger partial charge is 0.274 e. The number of nitrogens with two attached hydrogens (primary N) is 1. The summed E-state index contributed by atoms with van der Waals surface area (Å²) in [6, 6.07) is 10.8. The van der Waals surface area contributed by atoms with Gasteiger partial charge in [0.25, 0.3) is 15.2 Å². The molecule has 2 aromatic heterocycles. The number of hydrogen-bond acceptors (Lipinski definition) is 5. The molecule has 0 bridgehead atoms. The molecule has 0 aliphatic rings. The predicted octanol–water partition coefficient (Wildman–Crippen LogP) is 2.41. The molecule has 2 N–H and O–H groups in total. The monoisotopic (exact) mass is 384 g/mol. The van der Waals surface area contributed by atoms with Crippen molar-refractivity contribution < 1.29 is 8.42 Å². The molecule has 108 valence electrons. The lowest BCUT2D eigenvalue weighted by Gasteiger charge is -2.08. The highest BCUT2D eigenvalue weighted by Gasteiger charge is 2.23. The summed E-state index contributed by atoms with van der Waals surface area (Å²) < 4.78 is 25.8. The number of hydrogen-bond donors (Lipinski definition) is 1. The average Bonchev–Trinajstić information content (AvgIpc) is 3.04. The normalized spacial score (nSPS) is 11.7. The minimum absolute atomic E-state index is 0.286. The number of primary sulfonamides is 1. The second-order valence-corrected chi connectivity index (χ2v) is 7.91. The zero-order chi connectivity index (χ0) is 15.0. The van der Waals surface area contributed by atoms with Crippen molar-refractivity contribution in [2.24, 2.45) is 5.14 Å². The van der Waals surface area contributed by atoms with E-state index in [9.17, 15) is 8.42 Å². The standard InChI is InChI=1S/C12H9BrN4O2S2/c13-10-6-8(7-20-10)11-15-16-12(21(14,18)19)17(11)9-4-2-1-3-5-9/h1-7H,(H2,14,18,19). The summed E-state index contributed by atoms with van der Waals surface area (Å²) in [5.74, 6) is 0.423. The SMILES string of the molecule is NS(=O)(=O)c1nnc(-c2csc(Br)c2)n1-c1ccccc1. The molecule has 0 saturated carbocycles. The van der Waals surface area contributed by atoms with Gasteiger partial charge in [-0.1, -0.05) is 18.2 Å². The highest BCUT2D eigenvalue weighted by Crippen LogP contribution is 2.30. The van der Waals surface area contributed by atoms with E-state index >= 15 is 0 Å². The van der Waals surface area contributed by atoms with Gasteiger partial charge in [-0.3, -0.25) is 4.57 Å². The van der Waals surface area contributed by atoms with Gasteiger partial charge in [0.15, 0.2) is 5.82 Å². The van der Waals surface area contributed by atoms with Gasteiger partial charge in [0.1, 0.15) is 0 Å². The number of thiophene rings is 1. The molecule has 0 amide bonds. The molecule has 1 aromatic carbocycles. The Bertz CT molecular complexity index is 887. The third-order valence-corrected chi connectivity index (χ3v) is 5.01. The lowest BCUT2D eigenvalue weighted by Crippen LogP contribution is -2.18. The average molecular weight is 385 g/mol. The van der Waals surface area contributed by atoms with Gasteiger partial charge in [-0.25, -0.2) is 13.6 Å². The van der Waals surface area contributed by atoms with Crippen LogP contribution in [-0.2, 0) is 10.0 Å². The minimum Gasteiger partial charge on any atom is -0.265 e. The van der Waals surface area contributed by atoms with E-state index in [4.69, 9.17) is 5.14 Å². The molecule has 21 heavy (non-hydrogen) atoms. The van der Waals surface area contributed by atoms with Crippen molar-refractivity contribution in [2.45, 2.75) is 5.16 Å². The topological polar surface area (TPSA) is 90.9 Å². The molecule has 3 aromatic rings. The molecule has 9 heteroatoms. The van der Waals surface area contributed by atoms with Crippen molar-refractivity contribution in [1.29, 1.82) is 0 Å². The molecule has 0 spiro atoms. The zero-order valence-corrected chi connectivity index (χ0v) is 13.7. The van der Waals surface area contributed by atoms with Crippen LogP contribution in [0, 0.1) is 0 Å². The highest BCUT2D eigenvalue weighted by molar-refractivity contribution is 9.11. The summed E-state index contributed by atoms with van der Waals surface area (Å²) in [4.78, 5) is 0. The van der Waals surface area contributed by atoms with Crippen LogP contribution in [-0.4, -0.2) is 23.2 Å². The van der Waals surface area contributed by atoms with Gasteiger partial charge in [0.2, 0.25) is 0 Å². The minimum atomic E-state index is -3.98. The van der Waals surface area contributed by atoms with E-state index in [0.717, 1.165) is 9.35 Å². The smallest absolute Gasteiger partial charge is 0.265 e. The third kappa shape index (κ3) is 2.77. The van der Waals surface area contributed by atoms with E-state index in [0.29, 0.717) is 11.5 Å². The van der Waals surface area contributed by atoms with Crippen molar-refractivity contribution in [3.63, 3.8) is 0 Å². The Balaban J connectivity index is 2.30. The number of nitrogens with zero attached hydrogens (tertiary/aromatic N) is 3. The van der Waals surface area contributed by atoms with Crippen LogP contribution in [0.5, 0.6) is 0 Å². The fourth-order valence-electron chi connectivity index (χ4n) is 1.88. The Labute approximate surface area is 133 Å². The summed E-state index contributed by atoms with van der Waals surface area (Å²) in [6.07, 6.45) is 0. The Morgan fingerprint density at radius 3 is 2.48 bits per heavy atom. The Morgan fingerprint density at radius 1 is 1.19 bits per heavy atom. The van der Waals surface area contributed by atoms with Gasteiger partial charge in [0, 0.05) is 16.6 Å². The van der Waals surface area contributed by atoms with E-state index in [1.54, 1.807) is 24.3 Å².